The van der Waals surface area contributed by atoms with Gasteiger partial charge in [0.05, 0.1) is 5.70 Å². The van der Waals surface area contributed by atoms with E-state index in [9.17, 15) is 0 Å². The fourth-order valence-corrected chi connectivity index (χ4v) is 8.23. The molecular formula is C55H40N2O. The summed E-state index contributed by atoms with van der Waals surface area (Å²) in [5.41, 5.74) is 11.3. The van der Waals surface area contributed by atoms with Crippen molar-refractivity contribution in [3.63, 3.8) is 0 Å². The predicted molar refractivity (Wildman–Crippen MR) is 247 cm³/mol. The van der Waals surface area contributed by atoms with Crippen molar-refractivity contribution in [1.29, 1.82) is 0 Å². The Kier molecular flexibility index (Phi) is 9.09. The lowest BCUT2D eigenvalue weighted by atomic mass is 9.94. The lowest BCUT2D eigenvalue weighted by Crippen LogP contribution is -2.17. The van der Waals surface area contributed by atoms with Gasteiger partial charge in [0, 0.05) is 50.7 Å². The van der Waals surface area contributed by atoms with E-state index in [1.165, 1.54) is 16.2 Å². The molecule has 276 valence electrons. The van der Waals surface area contributed by atoms with Gasteiger partial charge in [0.15, 0.2) is 0 Å². The normalized spacial score (nSPS) is 14.7. The summed E-state index contributed by atoms with van der Waals surface area (Å²) in [5.74, 6) is 0. The largest absolute Gasteiger partial charge is 0.455 e. The third-order valence-corrected chi connectivity index (χ3v) is 11.0. The van der Waals surface area contributed by atoms with E-state index in [2.05, 4.69) is 229 Å². The Labute approximate surface area is 338 Å². The van der Waals surface area contributed by atoms with Crippen LogP contribution < -0.4 is 9.80 Å². The number of rotatable bonds is 7. The van der Waals surface area contributed by atoms with Crippen LogP contribution in [0.5, 0.6) is 0 Å². The molecule has 0 unspecified atom stereocenters. The molecule has 0 N–H and O–H groups in total. The number of para-hydroxylation sites is 3. The maximum atomic E-state index is 6.96. The van der Waals surface area contributed by atoms with Crippen molar-refractivity contribution in [2.24, 2.45) is 0 Å². The van der Waals surface area contributed by atoms with Gasteiger partial charge >= 0.3 is 0 Å². The van der Waals surface area contributed by atoms with E-state index in [-0.39, 0.29) is 0 Å². The van der Waals surface area contributed by atoms with Gasteiger partial charge in [0.25, 0.3) is 0 Å². The lowest BCUT2D eigenvalue weighted by molar-refractivity contribution is 0.673. The first-order valence-corrected chi connectivity index (χ1v) is 19.8. The first kappa shape index (κ1) is 34.8. The molecule has 3 nitrogen and oxygen atoms in total. The van der Waals surface area contributed by atoms with Gasteiger partial charge in [-0.15, -0.1) is 0 Å². The van der Waals surface area contributed by atoms with Crippen LogP contribution >= 0.6 is 0 Å². The highest BCUT2D eigenvalue weighted by atomic mass is 16.3. The molecule has 0 saturated carbocycles. The van der Waals surface area contributed by atoms with Crippen LogP contribution in [0.3, 0.4) is 0 Å². The maximum Gasteiger partial charge on any atom is 0.143 e. The van der Waals surface area contributed by atoms with Gasteiger partial charge in [0.1, 0.15) is 11.2 Å². The zero-order valence-electron chi connectivity index (χ0n) is 32.0. The molecular weight excluding hydrogens is 705 g/mol. The second-order valence-corrected chi connectivity index (χ2v) is 14.5. The fraction of sp³-hybridized carbons (Fsp3) is 0.0182. The first-order chi connectivity index (χ1) is 28.7. The van der Waals surface area contributed by atoms with E-state index >= 15 is 0 Å². The van der Waals surface area contributed by atoms with Crippen molar-refractivity contribution in [3.8, 4) is 11.1 Å². The second-order valence-electron chi connectivity index (χ2n) is 14.5. The summed E-state index contributed by atoms with van der Waals surface area (Å²) in [7, 11) is 0. The van der Waals surface area contributed by atoms with E-state index in [1.54, 1.807) is 0 Å². The molecule has 0 amide bonds. The van der Waals surface area contributed by atoms with Crippen molar-refractivity contribution in [2.45, 2.75) is 6.42 Å². The van der Waals surface area contributed by atoms with Gasteiger partial charge in [-0.25, -0.2) is 0 Å². The molecule has 3 heteroatoms. The predicted octanol–water partition coefficient (Wildman–Crippen LogP) is 15.7. The molecule has 0 atom stereocenters. The molecule has 1 aliphatic carbocycles. The van der Waals surface area contributed by atoms with Gasteiger partial charge in [-0.2, -0.15) is 0 Å². The average Bonchev–Trinajstić information content (AvgIpc) is 3.67. The summed E-state index contributed by atoms with van der Waals surface area (Å²) in [6, 6.07) is 62.5. The van der Waals surface area contributed by atoms with E-state index in [0.29, 0.717) is 0 Å². The number of hydrogen-bond acceptors (Lipinski definition) is 3. The highest BCUT2D eigenvalue weighted by molar-refractivity contribution is 6.30. The summed E-state index contributed by atoms with van der Waals surface area (Å²) in [4.78, 5) is 4.56. The van der Waals surface area contributed by atoms with Crippen molar-refractivity contribution in [3.05, 3.63) is 236 Å². The lowest BCUT2D eigenvalue weighted by Gasteiger charge is -2.28. The summed E-state index contributed by atoms with van der Waals surface area (Å²) in [5, 5.41) is 6.87. The molecule has 9 aromatic rings. The Morgan fingerprint density at radius 2 is 1.00 bits per heavy atom. The SMILES string of the molecule is C=C1/C=C\C=C/C/C=C\C=C1N(c1ccccc1)c1ccc2c(c1)oc1c3ccc(-c4ccc(N(c5ccccc5)c5ccccc5)cc4)cc3c3ccccc3c21. The third kappa shape index (κ3) is 6.39. The Bertz CT molecular complexity index is 3040. The average molecular weight is 745 g/mol. The molecule has 1 aromatic heterocycles. The molecule has 0 saturated heterocycles. The van der Waals surface area contributed by atoms with Gasteiger partial charge in [-0.05, 0) is 118 Å². The van der Waals surface area contributed by atoms with Crippen molar-refractivity contribution in [1.82, 2.24) is 0 Å². The maximum absolute atomic E-state index is 6.96. The van der Waals surface area contributed by atoms with Crippen LogP contribution in [0, 0.1) is 0 Å². The Balaban J connectivity index is 1.09. The smallest absolute Gasteiger partial charge is 0.143 e. The van der Waals surface area contributed by atoms with Gasteiger partial charge < -0.3 is 14.2 Å². The Morgan fingerprint density at radius 3 is 1.71 bits per heavy atom. The number of anilines is 5. The first-order valence-electron chi connectivity index (χ1n) is 19.8. The van der Waals surface area contributed by atoms with Gasteiger partial charge in [0.2, 0.25) is 0 Å². The molecule has 1 heterocycles. The van der Waals surface area contributed by atoms with Crippen molar-refractivity contribution in [2.75, 3.05) is 9.80 Å². The van der Waals surface area contributed by atoms with Crippen molar-refractivity contribution >= 4 is 71.9 Å². The molecule has 0 spiro atoms. The van der Waals surface area contributed by atoms with Crippen LogP contribution in [0.15, 0.2) is 241 Å². The minimum absolute atomic E-state index is 0.840. The topological polar surface area (TPSA) is 19.6 Å². The number of furan rings is 1. The monoisotopic (exact) mass is 744 g/mol. The summed E-state index contributed by atoms with van der Waals surface area (Å²) < 4.78 is 6.96. The summed E-state index contributed by atoms with van der Waals surface area (Å²) in [6.07, 6.45) is 15.6. The molecule has 0 radical (unpaired) electrons. The van der Waals surface area contributed by atoms with E-state index in [0.717, 1.165) is 84.6 Å². The van der Waals surface area contributed by atoms with Gasteiger partial charge in [-0.3, -0.25) is 0 Å². The minimum atomic E-state index is 0.840. The molecule has 0 bridgehead atoms. The second kappa shape index (κ2) is 15.1. The van der Waals surface area contributed by atoms with Crippen LogP contribution in [0.1, 0.15) is 6.42 Å². The number of allylic oxidation sites excluding steroid dienone is 7. The summed E-state index contributed by atoms with van der Waals surface area (Å²) >= 11 is 0. The standard InChI is InChI=1S/C55H40N2O/c1-39-19-9-4-2-3-5-16-28-52(39)57(44-24-14-8-15-25-44)46-34-36-50-53(38-46)58-55-49-35-31-41(37-51(49)47-26-17-18-27-48(47)54(50)55)40-29-32-45(33-30-40)56(42-20-10-6-11-21-42)43-22-12-7-13-23-43/h2,4-38H,1,3H2/b4-2-,16-5-,19-9-,52-28?. The minimum Gasteiger partial charge on any atom is -0.455 e. The van der Waals surface area contributed by atoms with Crippen LogP contribution in [0.4, 0.5) is 28.4 Å². The molecule has 8 aromatic carbocycles. The van der Waals surface area contributed by atoms with E-state index in [1.807, 2.05) is 6.07 Å². The van der Waals surface area contributed by atoms with E-state index in [4.69, 9.17) is 4.42 Å². The Hall–Kier alpha value is -7.62. The molecule has 58 heavy (non-hydrogen) atoms. The number of nitrogens with zero attached hydrogens (tertiary/aromatic N) is 2. The van der Waals surface area contributed by atoms with Gasteiger partial charge in [-0.1, -0.05) is 140 Å². The number of fused-ring (bicyclic) bond motifs is 8. The number of benzene rings is 8. The molecule has 1 aliphatic rings. The van der Waals surface area contributed by atoms with Crippen LogP contribution in [0.25, 0.3) is 54.6 Å². The number of hydrogen-bond donors (Lipinski definition) is 0. The molecule has 10 rings (SSSR count). The third-order valence-electron chi connectivity index (χ3n) is 11.0. The quantitative estimate of drug-likeness (QED) is 0.152. The summed E-state index contributed by atoms with van der Waals surface area (Å²) in [6.45, 7) is 4.48. The molecule has 0 fully saturated rings. The van der Waals surface area contributed by atoms with Crippen molar-refractivity contribution < 1.29 is 4.42 Å². The van der Waals surface area contributed by atoms with Crippen LogP contribution in [0.2, 0.25) is 0 Å². The van der Waals surface area contributed by atoms with Crippen LogP contribution in [-0.4, -0.2) is 0 Å². The highest BCUT2D eigenvalue weighted by Crippen LogP contribution is 2.44. The van der Waals surface area contributed by atoms with Crippen LogP contribution in [-0.2, 0) is 0 Å². The highest BCUT2D eigenvalue weighted by Gasteiger charge is 2.21. The van der Waals surface area contributed by atoms with E-state index < -0.39 is 0 Å². The zero-order valence-corrected chi connectivity index (χ0v) is 32.0. The molecule has 0 aliphatic heterocycles. The Morgan fingerprint density at radius 1 is 0.431 bits per heavy atom. The zero-order chi connectivity index (χ0) is 38.8. The fourth-order valence-electron chi connectivity index (χ4n) is 8.23.